The molecule has 0 atom stereocenters. The Bertz CT molecular complexity index is 1390. The lowest BCUT2D eigenvalue weighted by atomic mass is 10.0. The van der Waals surface area contributed by atoms with Crippen molar-refractivity contribution in [2.24, 2.45) is 0 Å². The zero-order chi connectivity index (χ0) is 26.2. The highest BCUT2D eigenvalue weighted by atomic mass is 35.5. The van der Waals surface area contributed by atoms with Gasteiger partial charge in [-0.15, -0.1) is 0 Å². The summed E-state index contributed by atoms with van der Waals surface area (Å²) < 4.78 is 0. The first-order valence-electron chi connectivity index (χ1n) is 10.4. The average Bonchev–Trinajstić information content (AvgIpc) is 2.90. The van der Waals surface area contributed by atoms with Gasteiger partial charge in [-0.05, 0) is 36.4 Å². The van der Waals surface area contributed by atoms with E-state index in [9.17, 15) is 19.2 Å². The Kier molecular flexibility index (Phi) is 9.57. The first-order chi connectivity index (χ1) is 17.2. The van der Waals surface area contributed by atoms with Crippen molar-refractivity contribution in [3.63, 3.8) is 0 Å². The molecule has 36 heavy (non-hydrogen) atoms. The summed E-state index contributed by atoms with van der Waals surface area (Å²) in [4.78, 5) is 48.0. The van der Waals surface area contributed by atoms with Crippen molar-refractivity contribution in [2.45, 2.75) is 0 Å². The monoisotopic (exact) mass is 556 g/mol. The second-order valence-corrected chi connectivity index (χ2v) is 8.84. The van der Waals surface area contributed by atoms with Gasteiger partial charge in [0, 0.05) is 22.3 Å². The molecule has 0 aliphatic rings. The van der Waals surface area contributed by atoms with Crippen LogP contribution in [0.3, 0.4) is 0 Å². The zero-order valence-corrected chi connectivity index (χ0v) is 21.4. The number of hydrogen-bond acceptors (Lipinski definition) is 4. The first-order valence-corrected chi connectivity index (χ1v) is 11.9. The lowest BCUT2D eigenvalue weighted by Crippen LogP contribution is -2.15. The predicted octanol–water partition coefficient (Wildman–Crippen LogP) is 8.12. The summed E-state index contributed by atoms with van der Waals surface area (Å²) in [5, 5.41) is 0.864. The van der Waals surface area contributed by atoms with Crippen LogP contribution in [0.1, 0.15) is 41.4 Å². The quantitative estimate of drug-likeness (QED) is 0.177. The Labute approximate surface area is 227 Å². The van der Waals surface area contributed by atoms with Crippen molar-refractivity contribution in [2.75, 3.05) is 0 Å². The van der Waals surface area contributed by atoms with E-state index in [0.717, 1.165) is 0 Å². The van der Waals surface area contributed by atoms with Crippen LogP contribution in [0.25, 0.3) is 0 Å². The van der Waals surface area contributed by atoms with Crippen LogP contribution in [0.2, 0.25) is 20.1 Å². The van der Waals surface area contributed by atoms with Gasteiger partial charge >= 0.3 is 0 Å². The molecule has 0 aromatic heterocycles. The van der Waals surface area contributed by atoms with E-state index < -0.39 is 23.1 Å². The molecule has 0 unspecified atom stereocenters. The van der Waals surface area contributed by atoms with E-state index in [2.05, 4.69) is 0 Å². The summed E-state index contributed by atoms with van der Waals surface area (Å²) in [6.07, 6.45) is 0. The number of rotatable bonds is 6. The lowest BCUT2D eigenvalue weighted by Gasteiger charge is -2.04. The Morgan fingerprint density at radius 2 is 0.778 bits per heavy atom. The molecule has 4 rings (SSSR count). The molecule has 180 valence electrons. The molecule has 0 amide bonds. The van der Waals surface area contributed by atoms with E-state index in [1.54, 1.807) is 78.9 Å². The summed E-state index contributed by atoms with van der Waals surface area (Å²) >= 11 is 23.5. The standard InChI is InChI=1S/2C14H8Cl2O2/c15-11-7-3-1-5-9(11)13(17)14(18)10-6-2-4-8-12(10)16;15-11-8-4-7-10(12(11)16)14(18)13(17)9-5-2-1-3-6-9/h2*1-8H. The average molecular weight is 558 g/mol. The number of benzene rings is 4. The smallest absolute Gasteiger partial charge is 0.235 e. The number of ketones is 4. The largest absolute Gasteiger partial charge is 0.285 e. The molecule has 0 aliphatic carbocycles. The molecule has 0 saturated carbocycles. The van der Waals surface area contributed by atoms with Crippen LogP contribution in [-0.2, 0) is 0 Å². The normalized spacial score (nSPS) is 10.1. The lowest BCUT2D eigenvalue weighted by molar-refractivity contribution is 0.0817. The summed E-state index contributed by atoms with van der Waals surface area (Å²) in [6.45, 7) is 0. The molecule has 4 aromatic carbocycles. The Morgan fingerprint density at radius 3 is 1.28 bits per heavy atom. The maximum absolute atomic E-state index is 12.0. The third kappa shape index (κ3) is 6.48. The van der Waals surface area contributed by atoms with Gasteiger partial charge in [0.25, 0.3) is 0 Å². The van der Waals surface area contributed by atoms with E-state index in [1.165, 1.54) is 18.2 Å². The molecule has 4 nitrogen and oxygen atoms in total. The highest BCUT2D eigenvalue weighted by molar-refractivity contribution is 6.54. The summed E-state index contributed by atoms with van der Waals surface area (Å²) in [5.41, 5.74) is 0.824. The van der Waals surface area contributed by atoms with Gasteiger partial charge in [0.1, 0.15) is 0 Å². The molecule has 0 N–H and O–H groups in total. The minimum atomic E-state index is -0.659. The predicted molar refractivity (Wildman–Crippen MR) is 143 cm³/mol. The van der Waals surface area contributed by atoms with Gasteiger partial charge in [0.2, 0.25) is 23.1 Å². The third-order valence-corrected chi connectivity index (χ3v) is 6.36. The molecule has 0 bridgehead atoms. The maximum Gasteiger partial charge on any atom is 0.235 e. The molecule has 0 spiro atoms. The van der Waals surface area contributed by atoms with Gasteiger partial charge in [-0.25, -0.2) is 0 Å². The highest BCUT2D eigenvalue weighted by Gasteiger charge is 2.22. The van der Waals surface area contributed by atoms with Crippen LogP contribution in [0.5, 0.6) is 0 Å². The van der Waals surface area contributed by atoms with Crippen LogP contribution in [0.15, 0.2) is 97.1 Å². The number of hydrogen-bond donors (Lipinski definition) is 0. The van der Waals surface area contributed by atoms with Gasteiger partial charge in [0.05, 0.1) is 20.1 Å². The van der Waals surface area contributed by atoms with Gasteiger partial charge in [-0.3, -0.25) is 19.2 Å². The molecule has 8 heteroatoms. The van der Waals surface area contributed by atoms with Crippen LogP contribution in [-0.4, -0.2) is 23.1 Å². The van der Waals surface area contributed by atoms with E-state index in [0.29, 0.717) is 5.56 Å². The molecule has 0 fully saturated rings. The zero-order valence-electron chi connectivity index (χ0n) is 18.4. The summed E-state index contributed by atoms with van der Waals surface area (Å²) in [6, 6.07) is 25.8. The Balaban J connectivity index is 0.000000201. The fourth-order valence-corrected chi connectivity index (χ4v) is 3.89. The third-order valence-electron chi connectivity index (χ3n) is 4.88. The molecule has 0 radical (unpaired) electrons. The minimum Gasteiger partial charge on any atom is -0.285 e. The highest BCUT2D eigenvalue weighted by Crippen LogP contribution is 2.26. The van der Waals surface area contributed by atoms with E-state index >= 15 is 0 Å². The minimum absolute atomic E-state index is 0.105. The van der Waals surface area contributed by atoms with Crippen LogP contribution in [0, 0.1) is 0 Å². The van der Waals surface area contributed by atoms with Crippen molar-refractivity contribution >= 4 is 69.5 Å². The fraction of sp³-hybridized carbons (Fsp3) is 0. The number of carbonyl (C=O) groups excluding carboxylic acids is 4. The number of carbonyl (C=O) groups is 4. The van der Waals surface area contributed by atoms with Crippen LogP contribution >= 0.6 is 46.4 Å². The van der Waals surface area contributed by atoms with E-state index in [-0.39, 0.29) is 36.8 Å². The van der Waals surface area contributed by atoms with Gasteiger partial charge in [0.15, 0.2) is 0 Å². The molecular weight excluding hydrogens is 542 g/mol. The van der Waals surface area contributed by atoms with Crippen LogP contribution < -0.4 is 0 Å². The SMILES string of the molecule is O=C(C(=O)c1cccc(Cl)c1Cl)c1ccccc1.O=C(C(=O)c1ccccc1Cl)c1ccccc1Cl. The van der Waals surface area contributed by atoms with Gasteiger partial charge in [-0.2, -0.15) is 0 Å². The van der Waals surface area contributed by atoms with Gasteiger partial charge < -0.3 is 0 Å². The fourth-order valence-electron chi connectivity index (χ4n) is 3.06. The van der Waals surface area contributed by atoms with Crippen molar-refractivity contribution in [3.8, 4) is 0 Å². The van der Waals surface area contributed by atoms with Crippen LogP contribution in [0.4, 0.5) is 0 Å². The van der Waals surface area contributed by atoms with Gasteiger partial charge in [-0.1, -0.05) is 107 Å². The van der Waals surface area contributed by atoms with E-state index in [4.69, 9.17) is 46.4 Å². The molecule has 0 saturated heterocycles. The van der Waals surface area contributed by atoms with Crippen molar-refractivity contribution in [3.05, 3.63) is 139 Å². The maximum atomic E-state index is 12.0. The number of Topliss-reactive ketones (excluding diaryl/α,β-unsaturated/α-hetero) is 4. The molecular formula is C28H16Cl4O4. The van der Waals surface area contributed by atoms with Crippen molar-refractivity contribution in [1.29, 1.82) is 0 Å². The summed E-state index contributed by atoms with van der Waals surface area (Å²) in [5.74, 6) is -2.57. The Morgan fingerprint density at radius 1 is 0.389 bits per heavy atom. The Hall–Kier alpha value is -3.28. The summed E-state index contributed by atoms with van der Waals surface area (Å²) in [7, 11) is 0. The van der Waals surface area contributed by atoms with E-state index in [1.807, 2.05) is 0 Å². The molecule has 4 aromatic rings. The first kappa shape index (κ1) is 27.3. The van der Waals surface area contributed by atoms with Crippen molar-refractivity contribution < 1.29 is 19.2 Å². The van der Waals surface area contributed by atoms with Crippen molar-refractivity contribution in [1.82, 2.24) is 0 Å². The topological polar surface area (TPSA) is 68.3 Å². The second-order valence-electron chi connectivity index (χ2n) is 7.24. The second kappa shape index (κ2) is 12.6. The molecule has 0 heterocycles. The molecule has 0 aliphatic heterocycles. The number of halogens is 4.